The monoisotopic (exact) mass is 541 g/mol. The zero-order valence-electron chi connectivity index (χ0n) is 15.1. The largest absolute Gasteiger partial charge is 0.370 e. The molecule has 1 aromatic carbocycles. The Morgan fingerprint density at radius 3 is 2.79 bits per heavy atom. The third-order valence-corrected chi connectivity index (χ3v) is 5.72. The molecule has 0 bridgehead atoms. The first kappa shape index (κ1) is 21.5. The molecule has 2 aromatic heterocycles. The Hall–Kier alpha value is -2.17. The first-order chi connectivity index (χ1) is 13.5. The molecule has 4 rings (SSSR count). The quantitative estimate of drug-likeness (QED) is 0.328. The van der Waals surface area contributed by atoms with E-state index in [9.17, 15) is 0 Å². The molecule has 1 unspecified atom stereocenters. The van der Waals surface area contributed by atoms with Crippen molar-refractivity contribution in [3.63, 3.8) is 0 Å². The molecule has 29 heavy (non-hydrogen) atoms. The van der Waals surface area contributed by atoms with E-state index in [1.54, 1.807) is 11.1 Å². The van der Waals surface area contributed by atoms with Crippen molar-refractivity contribution < 1.29 is 4.52 Å². The number of hydrogen-bond donors (Lipinski definition) is 3. The van der Waals surface area contributed by atoms with Crippen LogP contribution in [-0.4, -0.2) is 39.1 Å². The average Bonchev–Trinajstić information content (AvgIpc) is 3.35. The highest BCUT2D eigenvalue weighted by molar-refractivity contribution is 9.11. The topological polar surface area (TPSA) is 117 Å². The summed E-state index contributed by atoms with van der Waals surface area (Å²) in [6.45, 7) is 1.35. The van der Waals surface area contributed by atoms with Crippen LogP contribution in [0.4, 0.5) is 11.5 Å². The number of guanidine groups is 1. The lowest BCUT2D eigenvalue weighted by Crippen LogP contribution is -2.34. The highest BCUT2D eigenvalue weighted by Crippen LogP contribution is 2.30. The van der Waals surface area contributed by atoms with Gasteiger partial charge in [0, 0.05) is 33.8 Å². The molecule has 8 nitrogen and oxygen atoms in total. The predicted octanol–water partition coefficient (Wildman–Crippen LogP) is 4.50. The van der Waals surface area contributed by atoms with E-state index in [0.717, 1.165) is 33.2 Å². The van der Waals surface area contributed by atoms with Gasteiger partial charge in [-0.2, -0.15) is 4.98 Å². The molecule has 1 saturated heterocycles. The molecule has 1 aliphatic heterocycles. The molecule has 3 heterocycles. The Labute approximate surface area is 190 Å². The number of halogens is 3. The van der Waals surface area contributed by atoms with Crippen LogP contribution < -0.4 is 11.1 Å². The molecule has 0 amide bonds. The van der Waals surface area contributed by atoms with E-state index in [2.05, 4.69) is 52.3 Å². The Morgan fingerprint density at radius 1 is 1.28 bits per heavy atom. The molecule has 1 atom stereocenters. The molecule has 1 fully saturated rings. The minimum absolute atomic E-state index is 0. The van der Waals surface area contributed by atoms with Crippen molar-refractivity contribution in [2.24, 2.45) is 5.73 Å². The summed E-state index contributed by atoms with van der Waals surface area (Å²) in [5, 5.41) is 14.9. The fourth-order valence-electron chi connectivity index (χ4n) is 3.03. The van der Waals surface area contributed by atoms with Crippen molar-refractivity contribution in [1.29, 1.82) is 5.41 Å². The van der Waals surface area contributed by atoms with Gasteiger partial charge in [0.15, 0.2) is 5.96 Å². The van der Waals surface area contributed by atoms with Gasteiger partial charge in [-0.1, -0.05) is 21.1 Å². The second-order valence-corrected chi connectivity index (χ2v) is 8.22. The molecular weight excluding hydrogens is 526 g/mol. The van der Waals surface area contributed by atoms with Gasteiger partial charge < -0.3 is 20.5 Å². The van der Waals surface area contributed by atoms with Crippen LogP contribution in [0.25, 0.3) is 11.4 Å². The van der Waals surface area contributed by atoms with Gasteiger partial charge in [0.05, 0.1) is 11.6 Å². The molecule has 0 saturated carbocycles. The van der Waals surface area contributed by atoms with E-state index >= 15 is 0 Å². The van der Waals surface area contributed by atoms with E-state index in [1.807, 2.05) is 30.3 Å². The Bertz CT molecular complexity index is 1010. The number of nitrogens with two attached hydrogens (primary N) is 1. The van der Waals surface area contributed by atoms with Gasteiger partial charge in [-0.25, -0.2) is 4.98 Å². The average molecular weight is 544 g/mol. The zero-order chi connectivity index (χ0) is 19.7. The Morgan fingerprint density at radius 2 is 2.10 bits per heavy atom. The van der Waals surface area contributed by atoms with Crippen molar-refractivity contribution in [3.8, 4) is 11.4 Å². The predicted molar refractivity (Wildman–Crippen MR) is 121 cm³/mol. The van der Waals surface area contributed by atoms with Gasteiger partial charge in [-0.05, 0) is 52.7 Å². The first-order valence-electron chi connectivity index (χ1n) is 8.60. The van der Waals surface area contributed by atoms with Crippen LogP contribution in [0.5, 0.6) is 0 Å². The smallest absolute Gasteiger partial charge is 0.231 e. The van der Waals surface area contributed by atoms with E-state index in [-0.39, 0.29) is 24.3 Å². The summed E-state index contributed by atoms with van der Waals surface area (Å²) in [6.07, 6.45) is 2.54. The summed E-state index contributed by atoms with van der Waals surface area (Å²) in [5.74, 6) is 1.94. The highest BCUT2D eigenvalue weighted by Gasteiger charge is 2.29. The minimum Gasteiger partial charge on any atom is -0.370 e. The number of anilines is 2. The molecular formula is C18H18Br2ClN7O. The first-order valence-corrected chi connectivity index (χ1v) is 10.2. The van der Waals surface area contributed by atoms with Gasteiger partial charge >= 0.3 is 0 Å². The van der Waals surface area contributed by atoms with Crippen molar-refractivity contribution >= 4 is 61.7 Å². The SMILES string of the molecule is Cl.N=C(N)N1CCC(c2nc(-c3ccc(Nc4cc(Br)ccc4Br)nc3)no2)C1. The third kappa shape index (κ3) is 4.88. The van der Waals surface area contributed by atoms with Crippen molar-refractivity contribution in [3.05, 3.63) is 51.4 Å². The molecule has 152 valence electrons. The van der Waals surface area contributed by atoms with Crippen molar-refractivity contribution in [2.45, 2.75) is 12.3 Å². The summed E-state index contributed by atoms with van der Waals surface area (Å²) in [6, 6.07) is 9.65. The number of nitrogens with one attached hydrogen (secondary N) is 2. The van der Waals surface area contributed by atoms with E-state index in [4.69, 9.17) is 15.7 Å². The maximum atomic E-state index is 7.53. The summed E-state index contributed by atoms with van der Waals surface area (Å²) in [7, 11) is 0. The highest BCUT2D eigenvalue weighted by atomic mass is 79.9. The summed E-state index contributed by atoms with van der Waals surface area (Å²) in [4.78, 5) is 10.7. The standard InChI is InChI=1S/C18H17Br2N7O.ClH/c19-12-2-3-13(20)14(7-12)24-15-4-1-10(8-23-15)16-25-17(28-26-16)11-5-6-27(9-11)18(21)22;/h1-4,7-8,11H,5-6,9H2,(H3,21,22)(H,23,24);1H. The number of rotatable bonds is 4. The van der Waals surface area contributed by atoms with Crippen LogP contribution in [0, 0.1) is 5.41 Å². The lowest BCUT2D eigenvalue weighted by Gasteiger charge is -2.14. The number of benzene rings is 1. The molecule has 1 aliphatic rings. The normalized spacial score (nSPS) is 15.8. The Kier molecular flexibility index (Phi) is 6.76. The van der Waals surface area contributed by atoms with Crippen LogP contribution in [0.1, 0.15) is 18.2 Å². The van der Waals surface area contributed by atoms with Gasteiger partial charge in [0.1, 0.15) is 5.82 Å². The number of likely N-dealkylation sites (tertiary alicyclic amines) is 1. The van der Waals surface area contributed by atoms with Gasteiger partial charge in [0.2, 0.25) is 11.7 Å². The second kappa shape index (κ2) is 9.10. The fraction of sp³-hybridized carbons (Fsp3) is 0.222. The third-order valence-electron chi connectivity index (χ3n) is 4.53. The van der Waals surface area contributed by atoms with Crippen LogP contribution in [0.2, 0.25) is 0 Å². The maximum Gasteiger partial charge on any atom is 0.231 e. The number of nitrogens with zero attached hydrogens (tertiary/aromatic N) is 4. The zero-order valence-corrected chi connectivity index (χ0v) is 19.1. The minimum atomic E-state index is 0. The van der Waals surface area contributed by atoms with E-state index in [1.165, 1.54) is 0 Å². The summed E-state index contributed by atoms with van der Waals surface area (Å²) >= 11 is 6.98. The van der Waals surface area contributed by atoms with Crippen LogP contribution in [0.3, 0.4) is 0 Å². The molecule has 11 heteroatoms. The lowest BCUT2D eigenvalue weighted by molar-refractivity contribution is 0.354. The second-order valence-electron chi connectivity index (χ2n) is 6.45. The van der Waals surface area contributed by atoms with Crippen LogP contribution in [0.15, 0.2) is 50.0 Å². The molecule has 3 aromatic rings. The lowest BCUT2D eigenvalue weighted by atomic mass is 10.1. The Balaban J connectivity index is 0.00000240. The van der Waals surface area contributed by atoms with Crippen LogP contribution in [-0.2, 0) is 0 Å². The van der Waals surface area contributed by atoms with E-state index in [0.29, 0.717) is 24.1 Å². The van der Waals surface area contributed by atoms with Gasteiger partial charge in [0.25, 0.3) is 0 Å². The maximum absolute atomic E-state index is 7.53. The van der Waals surface area contributed by atoms with E-state index < -0.39 is 0 Å². The van der Waals surface area contributed by atoms with Crippen LogP contribution >= 0.6 is 44.3 Å². The fourth-order valence-corrected chi connectivity index (χ4v) is 3.74. The van der Waals surface area contributed by atoms with Crippen molar-refractivity contribution in [2.75, 3.05) is 18.4 Å². The molecule has 4 N–H and O–H groups in total. The summed E-state index contributed by atoms with van der Waals surface area (Å²) in [5.41, 5.74) is 7.23. The van der Waals surface area contributed by atoms with Crippen molar-refractivity contribution in [1.82, 2.24) is 20.0 Å². The summed E-state index contributed by atoms with van der Waals surface area (Å²) < 4.78 is 7.35. The number of pyridine rings is 1. The number of aromatic nitrogens is 3. The number of hydrogen-bond acceptors (Lipinski definition) is 6. The molecule has 0 spiro atoms. The van der Waals surface area contributed by atoms with Gasteiger partial charge in [-0.3, -0.25) is 5.41 Å². The van der Waals surface area contributed by atoms with Gasteiger partial charge in [-0.15, -0.1) is 12.4 Å². The molecule has 0 radical (unpaired) electrons. The molecule has 0 aliphatic carbocycles.